The number of alkyl halides is 3. The van der Waals surface area contributed by atoms with Gasteiger partial charge in [-0.3, -0.25) is 0 Å². The number of phenolic OH excluding ortho intramolecular Hbond substituents is 1. The normalized spacial score (nSPS) is 11.1. The number of benzene rings is 2. The summed E-state index contributed by atoms with van der Waals surface area (Å²) in [5.41, 5.74) is 0.653. The number of carbonyl (C=O) groups excluding carboxylic acids is 1. The molecule has 0 bridgehead atoms. The molecular formula is C16H13F3O4. The van der Waals surface area contributed by atoms with Crippen LogP contribution in [-0.2, 0) is 4.74 Å². The molecule has 0 saturated heterocycles. The first-order valence-electron chi connectivity index (χ1n) is 6.66. The SMILES string of the molecule is CCOC(=O)c1ccc(O)c(-c2cccc(OC(F)(F)F)c2)c1. The Morgan fingerprint density at radius 3 is 2.57 bits per heavy atom. The molecule has 2 rings (SSSR count). The monoisotopic (exact) mass is 326 g/mol. The zero-order valence-corrected chi connectivity index (χ0v) is 12.1. The quantitative estimate of drug-likeness (QED) is 0.858. The fourth-order valence-electron chi connectivity index (χ4n) is 1.97. The van der Waals surface area contributed by atoms with E-state index in [-0.39, 0.29) is 29.0 Å². The molecule has 2 aromatic carbocycles. The molecule has 0 unspecified atom stereocenters. The number of carbonyl (C=O) groups is 1. The number of ether oxygens (including phenoxy) is 2. The van der Waals surface area contributed by atoms with Crippen LogP contribution >= 0.6 is 0 Å². The first-order valence-corrected chi connectivity index (χ1v) is 6.66. The molecule has 0 fully saturated rings. The molecule has 122 valence electrons. The first kappa shape index (κ1) is 16.7. The summed E-state index contributed by atoms with van der Waals surface area (Å²) in [6, 6.07) is 9.10. The van der Waals surface area contributed by atoms with Gasteiger partial charge in [0.05, 0.1) is 12.2 Å². The van der Waals surface area contributed by atoms with Gasteiger partial charge in [-0.05, 0) is 42.8 Å². The van der Waals surface area contributed by atoms with Crippen LogP contribution in [-0.4, -0.2) is 24.0 Å². The number of halogens is 3. The molecule has 0 heterocycles. The summed E-state index contributed by atoms with van der Waals surface area (Å²) in [6.07, 6.45) is -4.81. The van der Waals surface area contributed by atoms with Crippen LogP contribution in [0.15, 0.2) is 42.5 Å². The second kappa shape index (κ2) is 6.60. The lowest BCUT2D eigenvalue weighted by Gasteiger charge is -2.11. The van der Waals surface area contributed by atoms with Crippen LogP contribution in [0, 0.1) is 0 Å². The predicted molar refractivity (Wildman–Crippen MR) is 76.2 cm³/mol. The number of hydrogen-bond acceptors (Lipinski definition) is 4. The van der Waals surface area contributed by atoms with Gasteiger partial charge in [0.2, 0.25) is 0 Å². The lowest BCUT2D eigenvalue weighted by molar-refractivity contribution is -0.274. The fraction of sp³-hybridized carbons (Fsp3) is 0.188. The molecule has 0 amide bonds. The third kappa shape index (κ3) is 4.38. The van der Waals surface area contributed by atoms with Crippen molar-refractivity contribution >= 4 is 5.97 Å². The molecule has 23 heavy (non-hydrogen) atoms. The fourth-order valence-corrected chi connectivity index (χ4v) is 1.97. The van der Waals surface area contributed by atoms with Crippen LogP contribution in [0.5, 0.6) is 11.5 Å². The summed E-state index contributed by atoms with van der Waals surface area (Å²) in [4.78, 5) is 11.7. The average molecular weight is 326 g/mol. The summed E-state index contributed by atoms with van der Waals surface area (Å²) in [7, 11) is 0. The van der Waals surface area contributed by atoms with Crippen molar-refractivity contribution in [3.8, 4) is 22.6 Å². The number of hydrogen-bond donors (Lipinski definition) is 1. The Bertz CT molecular complexity index is 711. The second-order valence-electron chi connectivity index (χ2n) is 4.53. The van der Waals surface area contributed by atoms with E-state index in [4.69, 9.17) is 4.74 Å². The Labute approximate surface area is 130 Å². The highest BCUT2D eigenvalue weighted by atomic mass is 19.4. The molecule has 0 spiro atoms. The van der Waals surface area contributed by atoms with E-state index < -0.39 is 18.1 Å². The Balaban J connectivity index is 2.39. The minimum atomic E-state index is -4.81. The molecule has 4 nitrogen and oxygen atoms in total. The van der Waals surface area contributed by atoms with Crippen LogP contribution < -0.4 is 4.74 Å². The number of aromatic hydroxyl groups is 1. The molecule has 0 saturated carbocycles. The molecule has 7 heteroatoms. The van der Waals surface area contributed by atoms with E-state index in [1.54, 1.807) is 6.92 Å². The maximum absolute atomic E-state index is 12.3. The van der Waals surface area contributed by atoms with Crippen molar-refractivity contribution in [1.82, 2.24) is 0 Å². The van der Waals surface area contributed by atoms with Crippen LogP contribution in [0.3, 0.4) is 0 Å². The summed E-state index contributed by atoms with van der Waals surface area (Å²) in [5, 5.41) is 9.91. The highest BCUT2D eigenvalue weighted by molar-refractivity contribution is 5.92. The van der Waals surface area contributed by atoms with E-state index in [1.807, 2.05) is 0 Å². The van der Waals surface area contributed by atoms with Crippen LogP contribution in [0.25, 0.3) is 11.1 Å². The minimum absolute atomic E-state index is 0.179. The molecule has 1 N–H and O–H groups in total. The number of phenols is 1. The predicted octanol–water partition coefficient (Wildman–Crippen LogP) is 4.13. The Kier molecular flexibility index (Phi) is 4.78. The zero-order valence-electron chi connectivity index (χ0n) is 12.1. The van der Waals surface area contributed by atoms with Crippen molar-refractivity contribution in [1.29, 1.82) is 0 Å². The Morgan fingerprint density at radius 1 is 1.17 bits per heavy atom. The molecule has 0 aliphatic heterocycles. The van der Waals surface area contributed by atoms with Crippen molar-refractivity contribution in [2.45, 2.75) is 13.3 Å². The minimum Gasteiger partial charge on any atom is -0.507 e. The van der Waals surface area contributed by atoms with Crippen molar-refractivity contribution in [3.63, 3.8) is 0 Å². The van der Waals surface area contributed by atoms with Gasteiger partial charge in [-0.25, -0.2) is 4.79 Å². The van der Waals surface area contributed by atoms with E-state index >= 15 is 0 Å². The van der Waals surface area contributed by atoms with E-state index in [0.717, 1.165) is 12.1 Å². The molecule has 0 radical (unpaired) electrons. The lowest BCUT2D eigenvalue weighted by atomic mass is 10.0. The van der Waals surface area contributed by atoms with Gasteiger partial charge in [0.25, 0.3) is 0 Å². The molecule has 2 aromatic rings. The van der Waals surface area contributed by atoms with Gasteiger partial charge in [-0.15, -0.1) is 13.2 Å². The summed E-state index contributed by atoms with van der Waals surface area (Å²) >= 11 is 0. The Morgan fingerprint density at radius 2 is 1.91 bits per heavy atom. The van der Waals surface area contributed by atoms with Crippen molar-refractivity contribution < 1.29 is 32.5 Å². The van der Waals surface area contributed by atoms with Gasteiger partial charge < -0.3 is 14.6 Å². The molecular weight excluding hydrogens is 313 g/mol. The first-order chi connectivity index (χ1) is 10.8. The third-order valence-electron chi connectivity index (χ3n) is 2.89. The van der Waals surface area contributed by atoms with Crippen LogP contribution in [0.2, 0.25) is 0 Å². The molecule has 0 aliphatic carbocycles. The van der Waals surface area contributed by atoms with Crippen molar-refractivity contribution in [3.05, 3.63) is 48.0 Å². The Hall–Kier alpha value is -2.70. The highest BCUT2D eigenvalue weighted by Crippen LogP contribution is 2.33. The van der Waals surface area contributed by atoms with Crippen molar-refractivity contribution in [2.75, 3.05) is 6.61 Å². The van der Waals surface area contributed by atoms with E-state index in [1.165, 1.54) is 30.3 Å². The zero-order chi connectivity index (χ0) is 17.0. The van der Waals surface area contributed by atoms with Gasteiger partial charge >= 0.3 is 12.3 Å². The molecule has 0 aliphatic rings. The van der Waals surface area contributed by atoms with E-state index in [9.17, 15) is 23.1 Å². The van der Waals surface area contributed by atoms with Gasteiger partial charge in [0.15, 0.2) is 0 Å². The highest BCUT2D eigenvalue weighted by Gasteiger charge is 2.31. The smallest absolute Gasteiger partial charge is 0.507 e. The number of rotatable bonds is 4. The molecule has 0 aromatic heterocycles. The largest absolute Gasteiger partial charge is 0.573 e. The standard InChI is InChI=1S/C16H13F3O4/c1-2-22-15(21)11-6-7-14(20)13(9-11)10-4-3-5-12(8-10)23-16(17,18)19/h3-9,20H,2H2,1H3. The maximum atomic E-state index is 12.3. The topological polar surface area (TPSA) is 55.8 Å². The van der Waals surface area contributed by atoms with Crippen molar-refractivity contribution in [2.24, 2.45) is 0 Å². The van der Waals surface area contributed by atoms with Crippen LogP contribution in [0.1, 0.15) is 17.3 Å². The summed E-state index contributed by atoms with van der Waals surface area (Å²) in [5.74, 6) is -1.19. The number of esters is 1. The van der Waals surface area contributed by atoms with E-state index in [2.05, 4.69) is 4.74 Å². The summed E-state index contributed by atoms with van der Waals surface area (Å²) < 4.78 is 45.5. The van der Waals surface area contributed by atoms with Gasteiger partial charge in [-0.1, -0.05) is 12.1 Å². The van der Waals surface area contributed by atoms with Crippen LogP contribution in [0.4, 0.5) is 13.2 Å². The maximum Gasteiger partial charge on any atom is 0.573 e. The van der Waals surface area contributed by atoms with Gasteiger partial charge in [0.1, 0.15) is 11.5 Å². The lowest BCUT2D eigenvalue weighted by Crippen LogP contribution is -2.17. The van der Waals surface area contributed by atoms with Gasteiger partial charge in [0, 0.05) is 5.56 Å². The third-order valence-corrected chi connectivity index (χ3v) is 2.89. The van der Waals surface area contributed by atoms with E-state index in [0.29, 0.717) is 0 Å². The average Bonchev–Trinajstić information content (AvgIpc) is 2.46. The molecule has 0 atom stereocenters. The van der Waals surface area contributed by atoms with Gasteiger partial charge in [-0.2, -0.15) is 0 Å². The second-order valence-corrected chi connectivity index (χ2v) is 4.53. The summed E-state index contributed by atoms with van der Waals surface area (Å²) in [6.45, 7) is 1.83.